The van der Waals surface area contributed by atoms with Crippen molar-refractivity contribution in [3.8, 4) is 0 Å². The molecule has 0 aliphatic carbocycles. The van der Waals surface area contributed by atoms with Crippen LogP contribution < -0.4 is 5.32 Å². The Morgan fingerprint density at radius 2 is 1.90 bits per heavy atom. The molecular formula is C17H21N3O. The summed E-state index contributed by atoms with van der Waals surface area (Å²) < 4.78 is 0. The summed E-state index contributed by atoms with van der Waals surface area (Å²) in [5, 5.41) is 2.94. The van der Waals surface area contributed by atoms with Crippen molar-refractivity contribution in [1.82, 2.24) is 15.2 Å². The Hall–Kier alpha value is -2.36. The van der Waals surface area contributed by atoms with Crippen molar-refractivity contribution in [2.75, 3.05) is 20.6 Å². The highest BCUT2D eigenvalue weighted by molar-refractivity contribution is 5.73. The molecule has 110 valence electrons. The molecule has 21 heavy (non-hydrogen) atoms. The molecule has 1 aromatic carbocycles. The lowest BCUT2D eigenvalue weighted by Crippen LogP contribution is -2.37. The van der Waals surface area contributed by atoms with Gasteiger partial charge in [0.05, 0.1) is 0 Å². The van der Waals surface area contributed by atoms with Crippen molar-refractivity contribution < 1.29 is 4.79 Å². The number of nitrogens with one attached hydrogen (secondary N) is 1. The van der Waals surface area contributed by atoms with Gasteiger partial charge >= 0.3 is 6.03 Å². The molecule has 0 saturated heterocycles. The maximum absolute atomic E-state index is 11.8. The lowest BCUT2D eigenvalue weighted by molar-refractivity contribution is 0.217. The van der Waals surface area contributed by atoms with Gasteiger partial charge in [-0.15, -0.1) is 0 Å². The molecular weight excluding hydrogens is 262 g/mol. The van der Waals surface area contributed by atoms with Crippen LogP contribution in [-0.2, 0) is 0 Å². The van der Waals surface area contributed by atoms with Gasteiger partial charge in [-0.1, -0.05) is 35.9 Å². The molecule has 1 N–H and O–H groups in total. The number of aryl methyl sites for hydroxylation is 1. The van der Waals surface area contributed by atoms with Gasteiger partial charge < -0.3 is 10.2 Å². The molecule has 0 radical (unpaired) electrons. The van der Waals surface area contributed by atoms with Gasteiger partial charge in [0.15, 0.2) is 0 Å². The van der Waals surface area contributed by atoms with Crippen LogP contribution in [0.5, 0.6) is 0 Å². The van der Waals surface area contributed by atoms with Crippen LogP contribution in [0.3, 0.4) is 0 Å². The zero-order chi connectivity index (χ0) is 15.2. The van der Waals surface area contributed by atoms with Gasteiger partial charge in [-0.3, -0.25) is 4.98 Å². The smallest absolute Gasteiger partial charge is 0.316 e. The van der Waals surface area contributed by atoms with Crippen LogP contribution in [0.1, 0.15) is 22.7 Å². The molecule has 1 unspecified atom stereocenters. The molecule has 0 aliphatic rings. The lowest BCUT2D eigenvalue weighted by atomic mass is 9.94. The summed E-state index contributed by atoms with van der Waals surface area (Å²) in [4.78, 5) is 17.7. The van der Waals surface area contributed by atoms with Crippen molar-refractivity contribution in [2.45, 2.75) is 12.8 Å². The molecule has 2 aromatic rings. The first-order chi connectivity index (χ1) is 10.1. The third-order valence-electron chi connectivity index (χ3n) is 3.39. The van der Waals surface area contributed by atoms with Gasteiger partial charge in [-0.25, -0.2) is 4.79 Å². The van der Waals surface area contributed by atoms with Crippen LogP contribution in [-0.4, -0.2) is 36.6 Å². The fourth-order valence-electron chi connectivity index (χ4n) is 2.12. The van der Waals surface area contributed by atoms with Crippen LogP contribution in [0.2, 0.25) is 0 Å². The summed E-state index contributed by atoms with van der Waals surface area (Å²) in [6.07, 6.45) is 1.78. The summed E-state index contributed by atoms with van der Waals surface area (Å²) >= 11 is 0. The zero-order valence-corrected chi connectivity index (χ0v) is 12.7. The minimum atomic E-state index is -0.0944. The molecule has 0 spiro atoms. The molecule has 0 saturated carbocycles. The second kappa shape index (κ2) is 6.88. The zero-order valence-electron chi connectivity index (χ0n) is 12.7. The maximum Gasteiger partial charge on any atom is 0.316 e. The van der Waals surface area contributed by atoms with E-state index >= 15 is 0 Å². The molecule has 2 rings (SSSR count). The van der Waals surface area contributed by atoms with E-state index in [0.29, 0.717) is 6.54 Å². The first-order valence-electron chi connectivity index (χ1n) is 7.00. The average molecular weight is 283 g/mol. The Bertz CT molecular complexity index is 579. The van der Waals surface area contributed by atoms with E-state index in [2.05, 4.69) is 41.5 Å². The number of hydrogen-bond acceptors (Lipinski definition) is 2. The second-order valence-corrected chi connectivity index (χ2v) is 5.30. The number of hydrogen-bond donors (Lipinski definition) is 1. The van der Waals surface area contributed by atoms with Crippen molar-refractivity contribution in [2.24, 2.45) is 0 Å². The molecule has 4 heteroatoms. The molecule has 0 fully saturated rings. The maximum atomic E-state index is 11.8. The number of amides is 2. The third kappa shape index (κ3) is 4.05. The van der Waals surface area contributed by atoms with Crippen LogP contribution >= 0.6 is 0 Å². The van der Waals surface area contributed by atoms with Gasteiger partial charge in [-0.2, -0.15) is 0 Å². The van der Waals surface area contributed by atoms with Gasteiger partial charge in [-0.05, 0) is 24.6 Å². The normalized spacial score (nSPS) is 11.8. The number of carbonyl (C=O) groups is 1. The second-order valence-electron chi connectivity index (χ2n) is 5.30. The average Bonchev–Trinajstić information content (AvgIpc) is 2.50. The monoisotopic (exact) mass is 283 g/mol. The Labute approximate surface area is 125 Å². The van der Waals surface area contributed by atoms with E-state index < -0.39 is 0 Å². The number of urea groups is 1. The van der Waals surface area contributed by atoms with E-state index in [1.165, 1.54) is 10.5 Å². The summed E-state index contributed by atoms with van der Waals surface area (Å²) in [5.41, 5.74) is 3.33. The van der Waals surface area contributed by atoms with E-state index in [1.807, 2.05) is 18.2 Å². The van der Waals surface area contributed by atoms with Gasteiger partial charge in [0.2, 0.25) is 0 Å². The standard InChI is InChI=1S/C17H21N3O/c1-13-7-9-14(10-8-13)15(12-19-17(21)20(2)3)16-6-4-5-11-18-16/h4-11,15H,12H2,1-3H3,(H,19,21). The Morgan fingerprint density at radius 1 is 1.19 bits per heavy atom. The van der Waals surface area contributed by atoms with E-state index in [1.54, 1.807) is 20.3 Å². The molecule has 1 heterocycles. The number of carbonyl (C=O) groups excluding carboxylic acids is 1. The Balaban J connectivity index is 2.23. The predicted molar refractivity (Wildman–Crippen MR) is 84.3 cm³/mol. The summed E-state index contributed by atoms with van der Waals surface area (Å²) in [5.74, 6) is 0.0516. The predicted octanol–water partition coefficient (Wildman–Crippen LogP) is 2.79. The van der Waals surface area contributed by atoms with E-state index in [9.17, 15) is 4.79 Å². The van der Waals surface area contributed by atoms with Crippen molar-refractivity contribution in [3.63, 3.8) is 0 Å². The fraction of sp³-hybridized carbons (Fsp3) is 0.294. The molecule has 0 bridgehead atoms. The van der Waals surface area contributed by atoms with Gasteiger partial charge in [0.1, 0.15) is 0 Å². The number of benzene rings is 1. The molecule has 1 aromatic heterocycles. The molecule has 1 atom stereocenters. The first-order valence-corrected chi connectivity index (χ1v) is 7.00. The molecule has 0 aliphatic heterocycles. The Morgan fingerprint density at radius 3 is 2.48 bits per heavy atom. The van der Waals surface area contributed by atoms with Crippen LogP contribution in [0.15, 0.2) is 48.7 Å². The van der Waals surface area contributed by atoms with Crippen molar-refractivity contribution in [1.29, 1.82) is 0 Å². The highest BCUT2D eigenvalue weighted by atomic mass is 16.2. The minimum absolute atomic E-state index is 0.0516. The molecule has 4 nitrogen and oxygen atoms in total. The largest absolute Gasteiger partial charge is 0.337 e. The first kappa shape index (κ1) is 15.0. The third-order valence-corrected chi connectivity index (χ3v) is 3.39. The van der Waals surface area contributed by atoms with E-state index in [4.69, 9.17) is 0 Å². The van der Waals surface area contributed by atoms with Crippen LogP contribution in [0.25, 0.3) is 0 Å². The number of pyridine rings is 1. The van der Waals surface area contributed by atoms with Crippen LogP contribution in [0, 0.1) is 6.92 Å². The van der Waals surface area contributed by atoms with E-state index in [0.717, 1.165) is 11.3 Å². The highest BCUT2D eigenvalue weighted by Crippen LogP contribution is 2.22. The fourth-order valence-corrected chi connectivity index (χ4v) is 2.12. The summed E-state index contributed by atoms with van der Waals surface area (Å²) in [6, 6.07) is 14.1. The topological polar surface area (TPSA) is 45.2 Å². The summed E-state index contributed by atoms with van der Waals surface area (Å²) in [7, 11) is 3.47. The van der Waals surface area contributed by atoms with Gasteiger partial charge in [0.25, 0.3) is 0 Å². The lowest BCUT2D eigenvalue weighted by Gasteiger charge is -2.19. The number of nitrogens with zero attached hydrogens (tertiary/aromatic N) is 2. The highest BCUT2D eigenvalue weighted by Gasteiger charge is 2.16. The minimum Gasteiger partial charge on any atom is -0.337 e. The van der Waals surface area contributed by atoms with Crippen molar-refractivity contribution >= 4 is 6.03 Å². The molecule has 2 amide bonds. The summed E-state index contributed by atoms with van der Waals surface area (Å²) in [6.45, 7) is 2.59. The number of rotatable bonds is 4. The van der Waals surface area contributed by atoms with Crippen molar-refractivity contribution in [3.05, 3.63) is 65.5 Å². The van der Waals surface area contributed by atoms with Crippen LogP contribution in [0.4, 0.5) is 4.79 Å². The number of aromatic nitrogens is 1. The Kier molecular flexibility index (Phi) is 4.93. The van der Waals surface area contributed by atoms with Gasteiger partial charge in [0, 0.05) is 38.4 Å². The van der Waals surface area contributed by atoms with E-state index in [-0.39, 0.29) is 11.9 Å². The quantitative estimate of drug-likeness (QED) is 0.937. The SMILES string of the molecule is Cc1ccc(C(CNC(=O)N(C)C)c2ccccn2)cc1.